The molecule has 17 heavy (non-hydrogen) atoms. The number of hydrogen-bond donors (Lipinski definition) is 2. The topological polar surface area (TPSA) is 73.1 Å². The van der Waals surface area contributed by atoms with Gasteiger partial charge in [-0.25, -0.2) is 0 Å². The Labute approximate surface area is 101 Å². The summed E-state index contributed by atoms with van der Waals surface area (Å²) in [7, 11) is 0. The van der Waals surface area contributed by atoms with Crippen LogP contribution in [-0.2, 0) is 4.79 Å². The van der Waals surface area contributed by atoms with Gasteiger partial charge in [0.15, 0.2) is 0 Å². The van der Waals surface area contributed by atoms with Gasteiger partial charge in [-0.05, 0) is 37.1 Å². The molecule has 1 aromatic rings. The number of carbonyl (C=O) groups excluding carboxylic acids is 1. The first-order valence-electron chi connectivity index (χ1n) is 5.59. The van der Waals surface area contributed by atoms with Crippen LogP contribution < -0.4 is 5.32 Å². The van der Waals surface area contributed by atoms with E-state index >= 15 is 0 Å². The first kappa shape index (κ1) is 13.0. The summed E-state index contributed by atoms with van der Waals surface area (Å²) in [5, 5.41) is 20.9. The highest BCUT2D eigenvalue weighted by molar-refractivity contribution is 5.97. The number of nitriles is 1. The molecule has 0 aliphatic rings. The molecule has 1 aromatic carbocycles. The van der Waals surface area contributed by atoms with E-state index < -0.39 is 5.41 Å². The van der Waals surface area contributed by atoms with E-state index in [1.54, 1.807) is 12.1 Å². The Morgan fingerprint density at radius 2 is 1.88 bits per heavy atom. The highest BCUT2D eigenvalue weighted by atomic mass is 16.3. The molecule has 4 nitrogen and oxygen atoms in total. The predicted octanol–water partition coefficient (Wildman–Crippen LogP) is 2.66. The number of nitrogens with one attached hydrogen (secondary N) is 1. The second-order valence-corrected chi connectivity index (χ2v) is 3.90. The molecule has 0 unspecified atom stereocenters. The third kappa shape index (κ3) is 2.76. The molecule has 0 spiro atoms. The molecule has 0 aliphatic heterocycles. The van der Waals surface area contributed by atoms with E-state index in [-0.39, 0.29) is 11.7 Å². The Morgan fingerprint density at radius 1 is 1.35 bits per heavy atom. The van der Waals surface area contributed by atoms with Crippen LogP contribution in [0.5, 0.6) is 5.75 Å². The van der Waals surface area contributed by atoms with Crippen LogP contribution in [0.2, 0.25) is 0 Å². The lowest BCUT2D eigenvalue weighted by Gasteiger charge is -2.22. The summed E-state index contributed by atoms with van der Waals surface area (Å²) < 4.78 is 0. The number of carbonyl (C=O) groups is 1. The van der Waals surface area contributed by atoms with Gasteiger partial charge in [0.1, 0.15) is 11.2 Å². The van der Waals surface area contributed by atoms with Crippen molar-refractivity contribution in [2.24, 2.45) is 5.41 Å². The molecule has 4 heteroatoms. The van der Waals surface area contributed by atoms with Gasteiger partial charge >= 0.3 is 0 Å². The van der Waals surface area contributed by atoms with Crippen LogP contribution in [0.25, 0.3) is 0 Å². The van der Waals surface area contributed by atoms with Gasteiger partial charge < -0.3 is 10.4 Å². The Kier molecular flexibility index (Phi) is 4.11. The van der Waals surface area contributed by atoms with E-state index in [9.17, 15) is 4.79 Å². The molecule has 0 saturated heterocycles. The van der Waals surface area contributed by atoms with E-state index in [0.717, 1.165) is 0 Å². The Balaban J connectivity index is 2.85. The average Bonchev–Trinajstić information content (AvgIpc) is 2.35. The molecule has 90 valence electrons. The summed E-state index contributed by atoms with van der Waals surface area (Å²) in [4.78, 5) is 12.0. The summed E-state index contributed by atoms with van der Waals surface area (Å²) in [5.74, 6) is -0.156. The van der Waals surface area contributed by atoms with Crippen molar-refractivity contribution >= 4 is 11.6 Å². The monoisotopic (exact) mass is 232 g/mol. The molecular weight excluding hydrogens is 216 g/mol. The van der Waals surface area contributed by atoms with Crippen molar-refractivity contribution in [1.82, 2.24) is 0 Å². The Morgan fingerprint density at radius 3 is 2.29 bits per heavy atom. The van der Waals surface area contributed by atoms with Crippen molar-refractivity contribution < 1.29 is 9.90 Å². The zero-order valence-electron chi connectivity index (χ0n) is 10.0. The number of phenols is 1. The number of amides is 1. The van der Waals surface area contributed by atoms with Crippen LogP contribution in [0.15, 0.2) is 24.3 Å². The van der Waals surface area contributed by atoms with Crippen LogP contribution in [0, 0.1) is 16.7 Å². The van der Waals surface area contributed by atoms with Crippen molar-refractivity contribution in [3.63, 3.8) is 0 Å². The van der Waals surface area contributed by atoms with Gasteiger partial charge in [-0.1, -0.05) is 13.8 Å². The molecule has 0 aliphatic carbocycles. The molecular formula is C13H16N2O2. The summed E-state index contributed by atoms with van der Waals surface area (Å²) in [5.41, 5.74) is -0.396. The number of nitrogens with zero attached hydrogens (tertiary/aromatic N) is 1. The lowest BCUT2D eigenvalue weighted by molar-refractivity contribution is -0.123. The van der Waals surface area contributed by atoms with Crippen molar-refractivity contribution in [1.29, 1.82) is 5.26 Å². The summed E-state index contributed by atoms with van der Waals surface area (Å²) in [6, 6.07) is 8.26. The van der Waals surface area contributed by atoms with Crippen LogP contribution >= 0.6 is 0 Å². The second kappa shape index (κ2) is 5.35. The molecule has 0 atom stereocenters. The number of anilines is 1. The van der Waals surface area contributed by atoms with Gasteiger partial charge in [-0.3, -0.25) is 4.79 Å². The minimum atomic E-state index is -0.974. The van der Waals surface area contributed by atoms with Crippen LogP contribution in [0.4, 0.5) is 5.69 Å². The largest absolute Gasteiger partial charge is 0.508 e. The van der Waals surface area contributed by atoms with Crippen molar-refractivity contribution in [2.45, 2.75) is 26.7 Å². The van der Waals surface area contributed by atoms with E-state index in [4.69, 9.17) is 10.4 Å². The highest BCUT2D eigenvalue weighted by Gasteiger charge is 2.34. The van der Waals surface area contributed by atoms with Crippen molar-refractivity contribution in [3.8, 4) is 11.8 Å². The lowest BCUT2D eigenvalue weighted by atomic mass is 9.83. The molecule has 1 rings (SSSR count). The lowest BCUT2D eigenvalue weighted by Crippen LogP contribution is -2.33. The van der Waals surface area contributed by atoms with E-state index in [1.165, 1.54) is 12.1 Å². The fraction of sp³-hybridized carbons (Fsp3) is 0.385. The zero-order valence-corrected chi connectivity index (χ0v) is 10.0. The van der Waals surface area contributed by atoms with Gasteiger partial charge in [0.05, 0.1) is 6.07 Å². The number of phenolic OH excluding ortho intramolecular Hbond substituents is 1. The molecule has 0 saturated carbocycles. The fourth-order valence-electron chi connectivity index (χ4n) is 1.58. The SMILES string of the molecule is CCC(C#N)(CC)C(=O)Nc1ccc(O)cc1. The first-order valence-corrected chi connectivity index (χ1v) is 5.59. The third-order valence-corrected chi connectivity index (χ3v) is 2.98. The molecule has 0 heterocycles. The summed E-state index contributed by atoms with van der Waals surface area (Å²) >= 11 is 0. The first-order chi connectivity index (χ1) is 8.07. The van der Waals surface area contributed by atoms with E-state index in [0.29, 0.717) is 18.5 Å². The van der Waals surface area contributed by atoms with Gasteiger partial charge in [-0.2, -0.15) is 5.26 Å². The van der Waals surface area contributed by atoms with Crippen molar-refractivity contribution in [2.75, 3.05) is 5.32 Å². The van der Waals surface area contributed by atoms with Crippen LogP contribution in [-0.4, -0.2) is 11.0 Å². The molecule has 2 N–H and O–H groups in total. The van der Waals surface area contributed by atoms with Gasteiger partial charge in [0, 0.05) is 5.69 Å². The van der Waals surface area contributed by atoms with E-state index in [1.807, 2.05) is 13.8 Å². The maximum absolute atomic E-state index is 12.0. The molecule has 0 fully saturated rings. The summed E-state index contributed by atoms with van der Waals surface area (Å²) in [6.45, 7) is 3.65. The van der Waals surface area contributed by atoms with Crippen LogP contribution in [0.3, 0.4) is 0 Å². The molecule has 0 radical (unpaired) electrons. The summed E-state index contributed by atoms with van der Waals surface area (Å²) in [6.07, 6.45) is 0.952. The number of benzene rings is 1. The smallest absolute Gasteiger partial charge is 0.244 e. The standard InChI is InChI=1S/C13H16N2O2/c1-3-13(4-2,9-14)12(17)15-10-5-7-11(16)8-6-10/h5-8,16H,3-4H2,1-2H3,(H,15,17). The minimum absolute atomic E-state index is 0.139. The quantitative estimate of drug-likeness (QED) is 0.784. The van der Waals surface area contributed by atoms with Gasteiger partial charge in [0.2, 0.25) is 5.91 Å². The van der Waals surface area contributed by atoms with Gasteiger partial charge in [-0.15, -0.1) is 0 Å². The molecule has 1 amide bonds. The number of hydrogen-bond acceptors (Lipinski definition) is 3. The maximum Gasteiger partial charge on any atom is 0.244 e. The minimum Gasteiger partial charge on any atom is -0.508 e. The van der Waals surface area contributed by atoms with Crippen molar-refractivity contribution in [3.05, 3.63) is 24.3 Å². The zero-order chi connectivity index (χ0) is 12.9. The normalized spacial score (nSPS) is 10.6. The Bertz CT molecular complexity index is 428. The van der Waals surface area contributed by atoms with E-state index in [2.05, 4.69) is 11.4 Å². The number of aromatic hydroxyl groups is 1. The highest BCUT2D eigenvalue weighted by Crippen LogP contribution is 2.27. The molecule has 0 bridgehead atoms. The fourth-order valence-corrected chi connectivity index (χ4v) is 1.58. The predicted molar refractivity (Wildman–Crippen MR) is 65.4 cm³/mol. The van der Waals surface area contributed by atoms with Gasteiger partial charge in [0.25, 0.3) is 0 Å². The second-order valence-electron chi connectivity index (χ2n) is 3.90. The third-order valence-electron chi connectivity index (χ3n) is 2.98. The molecule has 0 aromatic heterocycles. The van der Waals surface area contributed by atoms with Crippen LogP contribution in [0.1, 0.15) is 26.7 Å². The Hall–Kier alpha value is -2.02. The number of rotatable bonds is 4. The maximum atomic E-state index is 12.0. The average molecular weight is 232 g/mol.